The smallest absolute Gasteiger partial charge is 0.159 e. The molecule has 0 saturated carbocycles. The SMILES string of the molecule is CC(=O)c1ccc(-c2ccc3nccc(Nc4ccc(CC#N)cc4)c3c2)cc1.N#CCc1ccc(Nc2ccnc3ccc(-c4ccc(F)cc4F)cc23)cc1.N#CCc1ccc(Nc2ccnc3ccc(-c4cccc(O)c4)cc23)cc1.N#CCc1ccc(Nc2ccnc3ccc(-c4ccccc4)cc23)cc1.N#CCc1ccc(Nc2ccnc3ccc(-c4ccccc4C=O)cc23)cc1. The maximum absolute atomic E-state index is 14.2. The number of ketones is 1. The van der Waals surface area contributed by atoms with Crippen molar-refractivity contribution in [1.29, 1.82) is 26.3 Å². The van der Waals surface area contributed by atoms with Gasteiger partial charge in [0.2, 0.25) is 0 Å². The van der Waals surface area contributed by atoms with Gasteiger partial charge in [-0.25, -0.2) is 8.78 Å². The number of phenols is 1. The summed E-state index contributed by atoms with van der Waals surface area (Å²) in [6.07, 6.45) is 11.7. The summed E-state index contributed by atoms with van der Waals surface area (Å²) in [6, 6.07) is 126. The fourth-order valence-corrected chi connectivity index (χ4v) is 15.7. The minimum Gasteiger partial charge on any atom is -0.508 e. The molecule has 138 heavy (non-hydrogen) atoms. The van der Waals surface area contributed by atoms with Crippen LogP contribution in [0.15, 0.2) is 395 Å². The van der Waals surface area contributed by atoms with E-state index in [9.17, 15) is 23.5 Å². The van der Waals surface area contributed by atoms with Crippen molar-refractivity contribution in [2.24, 2.45) is 0 Å². The lowest BCUT2D eigenvalue weighted by Crippen LogP contribution is -1.94. The fourth-order valence-electron chi connectivity index (χ4n) is 15.7. The standard InChI is InChI=1S/C25H19N3O.C24H17N3O.C23H15F2N3.C23H17N3O.C23H17N3/c1-17(29)19-4-6-20(7-5-19)21-8-11-24-23(16-21)25(13-15-27-24)28-22-9-2-18(3-10-22)12-14-26;25-13-11-17-5-8-20(9-6-17)27-24-12-14-26-23-10-7-18(15-22(23)24)21-4-2-1-3-19(21)16-28;24-17-4-7-19(21(25)14-17)16-3-8-22-20(13-16)23(10-12-27-22)28-18-5-1-15(2-6-18)9-11-26;24-12-10-16-4-7-19(8-5-16)26-23-11-13-25-22-9-6-18(15-21(22)23)17-2-1-3-20(27)14-17;24-14-12-17-6-9-20(10-7-17)26-23-13-15-25-22-11-8-19(16-21(22)23)18-4-2-1-3-5-18/h2-11,13,15-16H,12H2,1H3,(H,27,28);1-10,12,14-16H,11H2,(H,26,27);1-8,10,12-14H,9H2,(H,27,28);1-9,11,13-15,27H,10H2,(H,25,26);1-11,13,15-16H,12H2,(H,25,26). The molecule has 0 unspecified atom stereocenters. The number of aromatic hydroxyl groups is 1. The van der Waals surface area contributed by atoms with E-state index in [1.165, 1.54) is 23.3 Å². The summed E-state index contributed by atoms with van der Waals surface area (Å²) < 4.78 is 27.4. The fraction of sp³-hybridized carbons (Fsp3) is 0.0508. The van der Waals surface area contributed by atoms with Crippen molar-refractivity contribution < 1.29 is 23.5 Å². The Hall–Kier alpha value is -19.2. The first-order valence-electron chi connectivity index (χ1n) is 44.2. The number of benzene rings is 15. The number of fused-ring (bicyclic) bond motifs is 5. The highest BCUT2D eigenvalue weighted by Crippen LogP contribution is 2.39. The third-order valence-electron chi connectivity index (χ3n) is 22.8. The molecule has 0 aliphatic heterocycles. The molecule has 0 fully saturated rings. The van der Waals surface area contributed by atoms with E-state index in [1.807, 2.05) is 285 Å². The molecule has 15 aromatic carbocycles. The number of halogens is 2. The highest BCUT2D eigenvalue weighted by atomic mass is 19.1. The van der Waals surface area contributed by atoms with E-state index in [2.05, 4.69) is 130 Å². The third kappa shape index (κ3) is 23.4. The minimum absolute atomic E-state index is 0.0616. The molecule has 0 spiro atoms. The Kier molecular flexibility index (Phi) is 29.8. The lowest BCUT2D eigenvalue weighted by molar-refractivity contribution is 0.101. The van der Waals surface area contributed by atoms with Gasteiger partial charge in [-0.3, -0.25) is 34.5 Å². The lowest BCUT2D eigenvalue weighted by atomic mass is 9.98. The van der Waals surface area contributed by atoms with Crippen LogP contribution in [0.2, 0.25) is 0 Å². The zero-order valence-corrected chi connectivity index (χ0v) is 74.6. The summed E-state index contributed by atoms with van der Waals surface area (Å²) in [5.74, 6) is -0.905. The van der Waals surface area contributed by atoms with Gasteiger partial charge in [-0.1, -0.05) is 182 Å². The highest BCUT2D eigenvalue weighted by molar-refractivity contribution is 6.02. The van der Waals surface area contributed by atoms with Crippen molar-refractivity contribution in [3.8, 4) is 91.7 Å². The Bertz CT molecular complexity index is 8040. The Balaban J connectivity index is 0.000000125. The van der Waals surface area contributed by atoms with Crippen LogP contribution in [0.4, 0.5) is 65.7 Å². The van der Waals surface area contributed by atoms with Crippen molar-refractivity contribution in [3.05, 3.63) is 446 Å². The molecule has 664 valence electrons. The summed E-state index contributed by atoms with van der Waals surface area (Å²) in [5.41, 5.74) is 29.3. The molecule has 0 aliphatic rings. The van der Waals surface area contributed by atoms with Crippen LogP contribution >= 0.6 is 0 Å². The molecule has 0 atom stereocenters. The molecule has 20 rings (SSSR count). The van der Waals surface area contributed by atoms with E-state index in [4.69, 9.17) is 26.3 Å². The third-order valence-corrected chi connectivity index (χ3v) is 22.8. The molecule has 0 radical (unpaired) electrons. The van der Waals surface area contributed by atoms with Gasteiger partial charge in [-0.2, -0.15) is 26.3 Å². The average molecular weight is 1800 g/mol. The van der Waals surface area contributed by atoms with E-state index >= 15 is 0 Å². The van der Waals surface area contributed by atoms with Gasteiger partial charge in [-0.05, 0) is 261 Å². The number of rotatable bonds is 22. The number of carbonyl (C=O) groups is 2. The predicted molar refractivity (Wildman–Crippen MR) is 548 cm³/mol. The molecule has 5 heterocycles. The topological polar surface area (TPSA) is 298 Å². The second kappa shape index (κ2) is 44.6. The Labute approximate surface area is 796 Å². The van der Waals surface area contributed by atoms with Crippen molar-refractivity contribution in [1.82, 2.24) is 24.9 Å². The van der Waals surface area contributed by atoms with Crippen LogP contribution in [0.5, 0.6) is 5.75 Å². The molecule has 6 N–H and O–H groups in total. The zero-order chi connectivity index (χ0) is 95.5. The summed E-state index contributed by atoms with van der Waals surface area (Å²) in [4.78, 5) is 45.1. The van der Waals surface area contributed by atoms with E-state index in [-0.39, 0.29) is 11.5 Å². The second-order valence-electron chi connectivity index (χ2n) is 32.1. The number of nitrogens with zero attached hydrogens (tertiary/aromatic N) is 10. The van der Waals surface area contributed by atoms with Crippen LogP contribution in [0.1, 0.15) is 55.5 Å². The number of nitrogens with one attached hydrogen (secondary N) is 5. The Morgan fingerprint density at radius 1 is 0.297 bits per heavy atom. The van der Waals surface area contributed by atoms with Gasteiger partial charge in [0.05, 0.1) is 90.0 Å². The van der Waals surface area contributed by atoms with Crippen LogP contribution < -0.4 is 26.6 Å². The Morgan fingerprint density at radius 2 is 0.587 bits per heavy atom. The maximum atomic E-state index is 14.2. The zero-order valence-electron chi connectivity index (χ0n) is 74.6. The number of carbonyl (C=O) groups excluding carboxylic acids is 2. The average Bonchev–Trinajstić information content (AvgIpc) is 0.792. The summed E-state index contributed by atoms with van der Waals surface area (Å²) in [5, 5.41) is 75.8. The molecular weight excluding hydrogens is 1710 g/mol. The van der Waals surface area contributed by atoms with Gasteiger partial charge in [-0.15, -0.1) is 0 Å². The summed E-state index contributed by atoms with van der Waals surface area (Å²) in [7, 11) is 0. The molecule has 20 heteroatoms. The van der Waals surface area contributed by atoms with Gasteiger partial charge >= 0.3 is 0 Å². The quantitative estimate of drug-likeness (QED) is 0.0271. The molecule has 20 aromatic rings. The van der Waals surface area contributed by atoms with Crippen molar-refractivity contribution in [2.75, 3.05) is 26.6 Å². The first-order chi connectivity index (χ1) is 67.6. The van der Waals surface area contributed by atoms with Crippen LogP contribution in [-0.2, 0) is 32.1 Å². The van der Waals surface area contributed by atoms with Gasteiger partial charge in [0, 0.05) is 138 Å². The molecule has 0 amide bonds. The first-order valence-corrected chi connectivity index (χ1v) is 44.2. The number of Topliss-reactive ketones (excluding diaryl/α,β-unsaturated/α-hetero) is 1. The molecule has 18 nitrogen and oxygen atoms in total. The first kappa shape index (κ1) is 92.1. The number of aromatic nitrogens is 5. The highest BCUT2D eigenvalue weighted by Gasteiger charge is 2.16. The van der Waals surface area contributed by atoms with E-state index in [0.29, 0.717) is 54.4 Å². The number of pyridine rings is 5. The molecule has 5 aromatic heterocycles. The summed E-state index contributed by atoms with van der Waals surface area (Å²) in [6.45, 7) is 1.57. The maximum Gasteiger partial charge on any atom is 0.159 e. The predicted octanol–water partition coefficient (Wildman–Crippen LogP) is 28.6. The minimum atomic E-state index is -0.606. The van der Waals surface area contributed by atoms with E-state index in [1.54, 1.807) is 49.9 Å². The Morgan fingerprint density at radius 3 is 0.913 bits per heavy atom. The van der Waals surface area contributed by atoms with Crippen LogP contribution in [0.3, 0.4) is 0 Å². The van der Waals surface area contributed by atoms with Gasteiger partial charge in [0.15, 0.2) is 12.1 Å². The van der Waals surface area contributed by atoms with Crippen molar-refractivity contribution >= 4 is 123 Å². The van der Waals surface area contributed by atoms with Crippen LogP contribution in [0.25, 0.3) is 110 Å². The van der Waals surface area contributed by atoms with Crippen molar-refractivity contribution in [3.63, 3.8) is 0 Å². The number of anilines is 10. The second-order valence-corrected chi connectivity index (χ2v) is 32.1. The van der Waals surface area contributed by atoms with E-state index in [0.717, 1.165) is 185 Å². The number of aldehydes is 1. The normalized spacial score (nSPS) is 10.5. The number of hydrogen-bond donors (Lipinski definition) is 6. The number of nitriles is 5. The van der Waals surface area contributed by atoms with Gasteiger partial charge in [0.1, 0.15) is 17.4 Å². The molecular formula is C118H85F2N15O3. The largest absolute Gasteiger partial charge is 0.508 e. The van der Waals surface area contributed by atoms with Crippen LogP contribution in [-0.4, -0.2) is 42.1 Å². The molecule has 0 aliphatic carbocycles. The van der Waals surface area contributed by atoms with Crippen LogP contribution in [0, 0.1) is 68.3 Å². The monoisotopic (exact) mass is 1800 g/mol. The number of phenolic OH excluding ortho intramolecular Hbond substituents is 1. The van der Waals surface area contributed by atoms with Gasteiger partial charge < -0.3 is 31.7 Å². The number of hydrogen-bond acceptors (Lipinski definition) is 18. The van der Waals surface area contributed by atoms with Crippen molar-refractivity contribution in [2.45, 2.75) is 39.0 Å². The lowest BCUT2D eigenvalue weighted by Gasteiger charge is -2.12. The molecule has 0 bridgehead atoms. The summed E-state index contributed by atoms with van der Waals surface area (Å²) >= 11 is 0. The molecule has 0 saturated heterocycles. The van der Waals surface area contributed by atoms with Gasteiger partial charge in [0.25, 0.3) is 0 Å². The van der Waals surface area contributed by atoms with E-state index < -0.39 is 11.6 Å².